The van der Waals surface area contributed by atoms with E-state index in [9.17, 15) is 34.1 Å². The molecule has 0 aliphatic carbocycles. The smallest absolute Gasteiger partial charge is 0.303 e. The van der Waals surface area contributed by atoms with Crippen molar-refractivity contribution in [3.05, 3.63) is 69.8 Å². The summed E-state index contributed by atoms with van der Waals surface area (Å²) in [5, 5.41) is 10.9. The van der Waals surface area contributed by atoms with Gasteiger partial charge in [0.25, 0.3) is 5.69 Å². The van der Waals surface area contributed by atoms with Crippen LogP contribution in [0.4, 0.5) is 5.69 Å². The van der Waals surface area contributed by atoms with E-state index in [4.69, 9.17) is 28.4 Å². The van der Waals surface area contributed by atoms with Gasteiger partial charge in [-0.05, 0) is 36.4 Å². The first-order chi connectivity index (χ1) is 19.3. The molecule has 1 aliphatic rings. The zero-order valence-electron chi connectivity index (χ0n) is 22.5. The molecular weight excluding hydrogens is 546 g/mol. The number of carbonyl (C=O) groups excluding carboxylic acids is 5. The van der Waals surface area contributed by atoms with Gasteiger partial charge in [0.15, 0.2) is 18.0 Å². The quantitative estimate of drug-likeness (QED) is 0.133. The minimum atomic E-state index is -1.44. The number of nitro groups is 1. The summed E-state index contributed by atoms with van der Waals surface area (Å²) in [5.74, 6) is -3.26. The first-order valence-corrected chi connectivity index (χ1v) is 12.2. The molecule has 1 aliphatic heterocycles. The third kappa shape index (κ3) is 8.32. The summed E-state index contributed by atoms with van der Waals surface area (Å²) in [6, 6.07) is 10.8. The molecule has 0 bridgehead atoms. The van der Waals surface area contributed by atoms with Crippen molar-refractivity contribution in [2.45, 2.75) is 58.4 Å². The Kier molecular flexibility index (Phi) is 10.1. The number of benzene rings is 2. The molecule has 0 radical (unpaired) electrons. The highest BCUT2D eigenvalue weighted by Crippen LogP contribution is 2.31. The zero-order chi connectivity index (χ0) is 30.3. The molecule has 5 atom stereocenters. The number of hydrogen-bond acceptors (Lipinski definition) is 13. The number of esters is 4. The molecule has 14 heteroatoms. The lowest BCUT2D eigenvalue weighted by molar-refractivity contribution is -0.384. The lowest BCUT2D eigenvalue weighted by Gasteiger charge is -2.43. The first kappa shape index (κ1) is 30.7. The molecule has 3 rings (SSSR count). The van der Waals surface area contributed by atoms with Crippen molar-refractivity contribution in [3.63, 3.8) is 0 Å². The van der Waals surface area contributed by atoms with E-state index in [0.29, 0.717) is 0 Å². The highest BCUT2D eigenvalue weighted by molar-refractivity contribution is 6.09. The fourth-order valence-corrected chi connectivity index (χ4v) is 4.00. The Hall–Kier alpha value is -4.85. The molecule has 218 valence electrons. The Morgan fingerprint density at radius 1 is 0.732 bits per heavy atom. The van der Waals surface area contributed by atoms with E-state index in [1.807, 2.05) is 0 Å². The van der Waals surface area contributed by atoms with Crippen molar-refractivity contribution in [2.24, 2.45) is 0 Å². The molecule has 2 aromatic rings. The summed E-state index contributed by atoms with van der Waals surface area (Å²) in [5.41, 5.74) is 0.312. The predicted octanol–water partition coefficient (Wildman–Crippen LogP) is 2.29. The van der Waals surface area contributed by atoms with Crippen LogP contribution in [-0.2, 0) is 42.9 Å². The van der Waals surface area contributed by atoms with Gasteiger partial charge in [-0.15, -0.1) is 0 Å². The van der Waals surface area contributed by atoms with Crippen molar-refractivity contribution in [1.82, 2.24) is 0 Å². The monoisotopic (exact) mass is 573 g/mol. The minimum absolute atomic E-state index is 0.145. The molecule has 0 amide bonds. The Labute approximate surface area is 233 Å². The number of nitro benzene ring substituents is 1. The maximum Gasteiger partial charge on any atom is 0.303 e. The maximum atomic E-state index is 12.8. The zero-order valence-corrected chi connectivity index (χ0v) is 22.5. The van der Waals surface area contributed by atoms with E-state index in [-0.39, 0.29) is 22.6 Å². The van der Waals surface area contributed by atoms with Gasteiger partial charge < -0.3 is 28.4 Å². The van der Waals surface area contributed by atoms with Gasteiger partial charge in [-0.1, -0.05) is 0 Å². The number of ketones is 1. The molecule has 41 heavy (non-hydrogen) atoms. The second kappa shape index (κ2) is 13.5. The van der Waals surface area contributed by atoms with Gasteiger partial charge in [0, 0.05) is 51.0 Å². The third-order valence-electron chi connectivity index (χ3n) is 5.66. The average molecular weight is 574 g/mol. The van der Waals surface area contributed by atoms with Crippen LogP contribution in [0.25, 0.3) is 0 Å². The summed E-state index contributed by atoms with van der Waals surface area (Å²) in [6.07, 6.45) is -6.78. The summed E-state index contributed by atoms with van der Waals surface area (Å²) >= 11 is 0. The van der Waals surface area contributed by atoms with E-state index in [1.54, 1.807) is 0 Å². The average Bonchev–Trinajstić information content (AvgIpc) is 2.90. The van der Waals surface area contributed by atoms with E-state index < -0.39 is 71.9 Å². The Morgan fingerprint density at radius 2 is 1.22 bits per heavy atom. The third-order valence-corrected chi connectivity index (χ3v) is 5.66. The number of rotatable bonds is 10. The molecule has 0 unspecified atom stereocenters. The van der Waals surface area contributed by atoms with Gasteiger partial charge in [-0.2, -0.15) is 0 Å². The summed E-state index contributed by atoms with van der Waals surface area (Å²) in [6.45, 7) is 4.05. The molecule has 1 fully saturated rings. The van der Waals surface area contributed by atoms with Crippen molar-refractivity contribution < 1.29 is 57.3 Å². The normalized spacial score (nSPS) is 21.6. The summed E-state index contributed by atoms with van der Waals surface area (Å²) in [4.78, 5) is 70.3. The van der Waals surface area contributed by atoms with Gasteiger partial charge in [0.05, 0.1) is 4.92 Å². The molecule has 0 saturated carbocycles. The van der Waals surface area contributed by atoms with Crippen molar-refractivity contribution in [3.8, 4) is 5.75 Å². The SMILES string of the molecule is CC(=O)OC[C@H]1O[C@@H](Oc2ccc(C(=O)c3ccc([N+](=O)[O-])cc3)cc2)[C@@H](OC(C)=O)[C@@H](OC(C)=O)[C@@H]1OC(C)=O. The van der Waals surface area contributed by atoms with E-state index in [1.165, 1.54) is 48.5 Å². The van der Waals surface area contributed by atoms with Crippen molar-refractivity contribution in [2.75, 3.05) is 6.61 Å². The lowest BCUT2D eigenvalue weighted by Crippen LogP contribution is -2.63. The summed E-state index contributed by atoms with van der Waals surface area (Å²) < 4.78 is 32.8. The molecular formula is C27H27NO13. The Morgan fingerprint density at radius 3 is 1.71 bits per heavy atom. The van der Waals surface area contributed by atoms with E-state index in [2.05, 4.69) is 0 Å². The van der Waals surface area contributed by atoms with Gasteiger partial charge in [-0.3, -0.25) is 34.1 Å². The second-order valence-corrected chi connectivity index (χ2v) is 8.84. The topological polar surface area (TPSA) is 184 Å². The van der Waals surface area contributed by atoms with Crippen LogP contribution < -0.4 is 4.74 Å². The van der Waals surface area contributed by atoms with Crippen LogP contribution in [-0.4, -0.2) is 71.9 Å². The number of hydrogen-bond donors (Lipinski definition) is 0. The van der Waals surface area contributed by atoms with Crippen molar-refractivity contribution >= 4 is 35.3 Å². The van der Waals surface area contributed by atoms with Gasteiger partial charge in [-0.25, -0.2) is 0 Å². The van der Waals surface area contributed by atoms with Gasteiger partial charge >= 0.3 is 23.9 Å². The number of nitrogens with zero attached hydrogens (tertiary/aromatic N) is 1. The molecule has 1 saturated heterocycles. The summed E-state index contributed by atoms with van der Waals surface area (Å²) in [7, 11) is 0. The predicted molar refractivity (Wildman–Crippen MR) is 136 cm³/mol. The molecule has 0 N–H and O–H groups in total. The van der Waals surface area contributed by atoms with Crippen LogP contribution in [0.15, 0.2) is 48.5 Å². The number of carbonyl (C=O) groups is 5. The van der Waals surface area contributed by atoms with Crippen LogP contribution in [0.2, 0.25) is 0 Å². The number of non-ortho nitro benzene ring substituents is 1. The molecule has 1 heterocycles. The first-order valence-electron chi connectivity index (χ1n) is 12.2. The number of ether oxygens (including phenoxy) is 6. The fraction of sp³-hybridized carbons (Fsp3) is 0.370. The highest BCUT2D eigenvalue weighted by atomic mass is 16.7. The van der Waals surface area contributed by atoms with E-state index >= 15 is 0 Å². The van der Waals surface area contributed by atoms with Crippen LogP contribution >= 0.6 is 0 Å². The van der Waals surface area contributed by atoms with E-state index in [0.717, 1.165) is 27.7 Å². The molecule has 0 aromatic heterocycles. The molecule has 14 nitrogen and oxygen atoms in total. The van der Waals surface area contributed by atoms with Crippen LogP contribution in [0.1, 0.15) is 43.6 Å². The Bertz CT molecular complexity index is 1310. The highest BCUT2D eigenvalue weighted by Gasteiger charge is 2.53. The Balaban J connectivity index is 1.89. The fourth-order valence-electron chi connectivity index (χ4n) is 4.00. The van der Waals surface area contributed by atoms with Crippen molar-refractivity contribution in [1.29, 1.82) is 0 Å². The molecule has 2 aromatic carbocycles. The maximum absolute atomic E-state index is 12.8. The van der Waals surface area contributed by atoms with Gasteiger partial charge in [0.1, 0.15) is 18.5 Å². The lowest BCUT2D eigenvalue weighted by atomic mass is 9.98. The minimum Gasteiger partial charge on any atom is -0.463 e. The van der Waals surface area contributed by atoms with Crippen LogP contribution in [0.5, 0.6) is 5.75 Å². The van der Waals surface area contributed by atoms with Crippen LogP contribution in [0.3, 0.4) is 0 Å². The van der Waals surface area contributed by atoms with Crippen LogP contribution in [0, 0.1) is 10.1 Å². The molecule has 0 spiro atoms. The standard InChI is InChI=1S/C27H27NO13/c1-14(29)36-13-22-24(37-15(2)30)25(38-16(3)31)26(39-17(4)32)27(41-22)40-21-11-7-19(8-12-21)23(33)18-5-9-20(10-6-18)28(34)35/h5-12,22,24-27H,13H2,1-4H3/t22-,24-,25+,26+,27-/m1/s1. The second-order valence-electron chi connectivity index (χ2n) is 8.84. The largest absolute Gasteiger partial charge is 0.463 e. The van der Waals surface area contributed by atoms with Gasteiger partial charge in [0.2, 0.25) is 12.4 Å².